The molecule has 0 saturated carbocycles. The molecule has 0 saturated heterocycles. The lowest BCUT2D eigenvalue weighted by molar-refractivity contribution is 0.108. The van der Waals surface area contributed by atoms with Crippen LogP contribution in [0.1, 0.15) is 19.8 Å². The first-order valence-corrected chi connectivity index (χ1v) is 15.5. The maximum atomic E-state index is 9.59. The smallest absolute Gasteiger partial charge is 0.390 e. The minimum absolute atomic E-state index is 0.0447. The Balaban J connectivity index is 5.43. The van der Waals surface area contributed by atoms with E-state index < -0.39 is 35.2 Å². The summed E-state index contributed by atoms with van der Waals surface area (Å²) < 4.78 is 15.3. The van der Waals surface area contributed by atoms with Gasteiger partial charge in [0.05, 0.1) is 0 Å². The molecular weight excluding hydrogens is 364 g/mol. The number of hydrogen-bond acceptors (Lipinski definition) is 9. The third kappa shape index (κ3) is 11.8. The molecule has 0 radical (unpaired) electrons. The van der Waals surface area contributed by atoms with Gasteiger partial charge in [-0.1, -0.05) is 5.57 Å². The topological polar surface area (TPSA) is 149 Å². The van der Waals surface area contributed by atoms with Crippen molar-refractivity contribution in [2.24, 2.45) is 0 Å². The van der Waals surface area contributed by atoms with Crippen molar-refractivity contribution in [2.45, 2.75) is 45.5 Å². The molecule has 0 aliphatic heterocycles. The molecule has 13 heteroatoms. The van der Waals surface area contributed by atoms with E-state index in [4.69, 9.17) is 12.3 Å². The summed E-state index contributed by atoms with van der Waals surface area (Å²) >= 11 is 0. The zero-order valence-electron chi connectivity index (χ0n) is 13.2. The van der Waals surface area contributed by atoms with Gasteiger partial charge in [-0.2, -0.15) is 0 Å². The molecule has 0 aliphatic rings. The van der Waals surface area contributed by atoms with Crippen LogP contribution < -0.4 is 0 Å². The van der Waals surface area contributed by atoms with E-state index in [-0.39, 0.29) is 6.04 Å². The van der Waals surface area contributed by atoms with Gasteiger partial charge >= 0.3 is 35.2 Å². The first-order valence-electron chi connectivity index (χ1n) is 6.63. The van der Waals surface area contributed by atoms with Gasteiger partial charge in [0.15, 0.2) is 0 Å². The minimum Gasteiger partial charge on any atom is -0.390 e. The van der Waals surface area contributed by atoms with Crippen molar-refractivity contribution in [1.82, 2.24) is 0 Å². The van der Waals surface area contributed by atoms with Gasteiger partial charge in [0, 0.05) is 25.7 Å². The summed E-state index contributed by atoms with van der Waals surface area (Å²) in [5, 5.41) is 0. The van der Waals surface area contributed by atoms with Gasteiger partial charge < -0.3 is 41.1 Å². The van der Waals surface area contributed by atoms with Crippen LogP contribution in [0.2, 0.25) is 25.7 Å². The molecule has 22 heavy (non-hydrogen) atoms. The van der Waals surface area contributed by atoms with Crippen LogP contribution >= 0.6 is 0 Å². The zero-order valence-corrected chi connectivity index (χ0v) is 17.2. The average molecular weight is 391 g/mol. The van der Waals surface area contributed by atoms with E-state index in [0.29, 0.717) is 12.8 Å². The van der Waals surface area contributed by atoms with Crippen molar-refractivity contribution in [3.8, 4) is 0 Å². The van der Waals surface area contributed by atoms with E-state index >= 15 is 0 Å². The summed E-state index contributed by atoms with van der Waals surface area (Å²) in [5.41, 5.74) is 0.844. The highest BCUT2D eigenvalue weighted by Gasteiger charge is 2.55. The largest absolute Gasteiger partial charge is 0.484 e. The molecule has 132 valence electrons. The number of hydrogen-bond donors (Lipinski definition) is 6. The van der Waals surface area contributed by atoms with Gasteiger partial charge in [-0.3, -0.25) is 0 Å². The van der Waals surface area contributed by atoms with Crippen LogP contribution in [0.3, 0.4) is 0 Å². The summed E-state index contributed by atoms with van der Waals surface area (Å²) in [6.45, 7) is 8.56. The highest BCUT2D eigenvalue weighted by atomic mass is 28.5. The molecule has 0 fully saturated rings. The first-order chi connectivity index (χ1) is 9.54. The van der Waals surface area contributed by atoms with Crippen LogP contribution in [0.5, 0.6) is 0 Å². The second kappa shape index (κ2) is 7.88. The summed E-state index contributed by atoms with van der Waals surface area (Å²) in [6.07, 6.45) is 0.908. The molecule has 9 nitrogen and oxygen atoms in total. The van der Waals surface area contributed by atoms with Crippen molar-refractivity contribution in [3.05, 3.63) is 12.2 Å². The molecule has 0 aromatic carbocycles. The Kier molecular flexibility index (Phi) is 7.97. The monoisotopic (exact) mass is 390 g/mol. The lowest BCUT2D eigenvalue weighted by Gasteiger charge is -2.37. The van der Waals surface area contributed by atoms with Crippen molar-refractivity contribution >= 4 is 35.2 Å². The molecule has 0 atom stereocenters. The Morgan fingerprint density at radius 1 is 0.818 bits per heavy atom. The molecule has 0 aromatic rings. The van der Waals surface area contributed by atoms with Crippen molar-refractivity contribution in [1.29, 1.82) is 0 Å². The van der Waals surface area contributed by atoms with E-state index in [0.717, 1.165) is 25.2 Å². The summed E-state index contributed by atoms with van der Waals surface area (Å²) in [5.74, 6) is 0. The molecule has 0 aliphatic carbocycles. The van der Waals surface area contributed by atoms with E-state index in [2.05, 4.69) is 6.58 Å². The summed E-state index contributed by atoms with van der Waals surface area (Å²) in [7, 11) is -16.7. The average Bonchev–Trinajstić information content (AvgIpc) is 2.05. The SMILES string of the molecule is C=C(C)CCC[Si](O[Si](C)(O)O)(O[Si](C)(O)O)O[Si](C)(O)O. The highest BCUT2D eigenvalue weighted by Crippen LogP contribution is 2.27. The molecule has 0 aromatic heterocycles. The second-order valence-electron chi connectivity index (χ2n) is 5.60. The van der Waals surface area contributed by atoms with Crippen molar-refractivity contribution < 1.29 is 41.1 Å². The van der Waals surface area contributed by atoms with Crippen LogP contribution in [0, 0.1) is 0 Å². The molecular formula is C9H26O9Si4. The van der Waals surface area contributed by atoms with Gasteiger partial charge in [-0.05, 0) is 19.8 Å². The van der Waals surface area contributed by atoms with Gasteiger partial charge in [0.25, 0.3) is 0 Å². The third-order valence-electron chi connectivity index (χ3n) is 2.13. The number of allylic oxidation sites excluding steroid dienone is 1. The third-order valence-corrected chi connectivity index (χ3v) is 11.5. The molecule has 0 amide bonds. The quantitative estimate of drug-likeness (QED) is 0.204. The second-order valence-corrected chi connectivity index (χ2v) is 15.5. The lowest BCUT2D eigenvalue weighted by Crippen LogP contribution is -2.64. The Morgan fingerprint density at radius 2 is 1.14 bits per heavy atom. The maximum Gasteiger partial charge on any atom is 0.484 e. The lowest BCUT2D eigenvalue weighted by atomic mass is 10.2. The van der Waals surface area contributed by atoms with Crippen LogP contribution in [0.4, 0.5) is 0 Å². The Morgan fingerprint density at radius 3 is 1.36 bits per heavy atom. The Bertz CT molecular complexity index is 330. The minimum atomic E-state index is -4.18. The van der Waals surface area contributed by atoms with Crippen LogP contribution in [0.15, 0.2) is 12.2 Å². The molecule has 0 spiro atoms. The maximum absolute atomic E-state index is 9.59. The van der Waals surface area contributed by atoms with E-state index in [1.807, 2.05) is 0 Å². The van der Waals surface area contributed by atoms with E-state index in [1.165, 1.54) is 0 Å². The van der Waals surface area contributed by atoms with Crippen molar-refractivity contribution in [2.75, 3.05) is 0 Å². The Labute approximate surface area is 134 Å². The predicted molar refractivity (Wildman–Crippen MR) is 86.0 cm³/mol. The molecule has 0 bridgehead atoms. The van der Waals surface area contributed by atoms with Crippen LogP contribution in [0.25, 0.3) is 0 Å². The fourth-order valence-corrected chi connectivity index (χ4v) is 12.2. The molecule has 6 N–H and O–H groups in total. The molecule has 0 heterocycles. The van der Waals surface area contributed by atoms with Crippen molar-refractivity contribution in [3.63, 3.8) is 0 Å². The number of rotatable bonds is 10. The summed E-state index contributed by atoms with van der Waals surface area (Å²) in [4.78, 5) is 57.5. The fourth-order valence-electron chi connectivity index (χ4n) is 1.71. The van der Waals surface area contributed by atoms with Crippen LogP contribution in [-0.2, 0) is 12.3 Å². The predicted octanol–water partition coefficient (Wildman–Crippen LogP) is -1.01. The van der Waals surface area contributed by atoms with Gasteiger partial charge in [-0.25, -0.2) is 0 Å². The van der Waals surface area contributed by atoms with Crippen LogP contribution in [-0.4, -0.2) is 64.0 Å². The van der Waals surface area contributed by atoms with Gasteiger partial charge in [-0.15, -0.1) is 6.58 Å². The highest BCUT2D eigenvalue weighted by molar-refractivity contribution is 6.83. The van der Waals surface area contributed by atoms with Gasteiger partial charge in [0.2, 0.25) is 0 Å². The first kappa shape index (κ1) is 22.2. The zero-order chi connectivity index (χ0) is 17.8. The standard InChI is InChI=1S/C9H26O9Si4/c1-9(2)7-6-8-22(16-19(3,10)11,17-20(4,12)13)18-21(5,14)15/h10-15H,1,6-8H2,2-5H3. The van der Waals surface area contributed by atoms with E-state index in [1.54, 1.807) is 6.92 Å². The molecule has 0 unspecified atom stereocenters. The molecule has 0 rings (SSSR count). The normalized spacial score (nSPS) is 14.3. The summed E-state index contributed by atoms with van der Waals surface area (Å²) in [6, 6.07) is -0.0447. The fraction of sp³-hybridized carbons (Fsp3) is 0.778. The van der Waals surface area contributed by atoms with E-state index in [9.17, 15) is 28.8 Å². The Hall–Kier alpha value is 0.248. The van der Waals surface area contributed by atoms with Gasteiger partial charge in [0.1, 0.15) is 0 Å².